The van der Waals surface area contributed by atoms with Crippen LogP contribution in [0.3, 0.4) is 0 Å². The molecule has 3 nitrogen and oxygen atoms in total. The molecule has 1 N–H and O–H groups in total. The van der Waals surface area contributed by atoms with Crippen molar-refractivity contribution in [2.75, 3.05) is 37.7 Å². The number of fused-ring (bicyclic) bond motifs is 1. The lowest BCUT2D eigenvalue weighted by molar-refractivity contribution is 0.102. The minimum Gasteiger partial charge on any atom is -0.396 e. The Morgan fingerprint density at radius 2 is 1.85 bits per heavy atom. The van der Waals surface area contributed by atoms with Gasteiger partial charge in [-0.1, -0.05) is 30.3 Å². The highest BCUT2D eigenvalue weighted by Crippen LogP contribution is 2.34. The molecule has 4 heteroatoms. The highest BCUT2D eigenvalue weighted by atomic mass is 19.1. The van der Waals surface area contributed by atoms with Crippen molar-refractivity contribution >= 4 is 5.69 Å². The zero-order valence-corrected chi connectivity index (χ0v) is 15.1. The number of aliphatic hydroxyl groups excluding tert-OH is 1. The summed E-state index contributed by atoms with van der Waals surface area (Å²) in [5.41, 5.74) is 3.96. The number of aliphatic hydroxyl groups is 1. The lowest BCUT2D eigenvalue weighted by Crippen LogP contribution is -2.52. The number of halogens is 1. The average molecular weight is 354 g/mol. The Morgan fingerprint density at radius 1 is 1.04 bits per heavy atom. The molecule has 0 aromatic heterocycles. The van der Waals surface area contributed by atoms with Crippen molar-refractivity contribution in [1.29, 1.82) is 0 Å². The highest BCUT2D eigenvalue weighted by molar-refractivity contribution is 5.58. The Bertz CT molecular complexity index is 733. The van der Waals surface area contributed by atoms with Crippen LogP contribution in [-0.4, -0.2) is 48.8 Å². The van der Waals surface area contributed by atoms with Gasteiger partial charge in [0.25, 0.3) is 0 Å². The van der Waals surface area contributed by atoms with Crippen LogP contribution in [-0.2, 0) is 12.8 Å². The number of para-hydroxylation sites is 1. The molecule has 0 radical (unpaired) electrons. The van der Waals surface area contributed by atoms with E-state index in [1.165, 1.54) is 28.9 Å². The summed E-state index contributed by atoms with van der Waals surface area (Å²) in [5, 5.41) is 10.0. The van der Waals surface area contributed by atoms with E-state index in [4.69, 9.17) is 0 Å². The van der Waals surface area contributed by atoms with Crippen LogP contribution >= 0.6 is 0 Å². The van der Waals surface area contributed by atoms with Gasteiger partial charge in [0.2, 0.25) is 0 Å². The van der Waals surface area contributed by atoms with Crippen LogP contribution in [0.15, 0.2) is 48.5 Å². The molecule has 2 aromatic carbocycles. The van der Waals surface area contributed by atoms with Gasteiger partial charge in [0.1, 0.15) is 5.82 Å². The average Bonchev–Trinajstić information content (AvgIpc) is 3.11. The molecule has 4 rings (SSSR count). The van der Waals surface area contributed by atoms with Crippen molar-refractivity contribution in [2.45, 2.75) is 25.3 Å². The van der Waals surface area contributed by atoms with E-state index in [-0.39, 0.29) is 18.3 Å². The van der Waals surface area contributed by atoms with Gasteiger partial charge in [-0.15, -0.1) is 0 Å². The van der Waals surface area contributed by atoms with Crippen molar-refractivity contribution in [3.8, 4) is 0 Å². The molecule has 0 bridgehead atoms. The fourth-order valence-corrected chi connectivity index (χ4v) is 4.53. The summed E-state index contributed by atoms with van der Waals surface area (Å²) in [7, 11) is 0. The van der Waals surface area contributed by atoms with E-state index in [2.05, 4.69) is 34.1 Å². The number of nitrogens with zero attached hydrogens (tertiary/aromatic N) is 2. The summed E-state index contributed by atoms with van der Waals surface area (Å²) in [4.78, 5) is 4.97. The Hall–Kier alpha value is -1.91. The molecule has 1 saturated heterocycles. The lowest BCUT2D eigenvalue weighted by Gasteiger charge is -2.43. The standard InChI is InChI=1S/C22H27FN2O/c23-20-7-5-17(6-8-20)9-12-24-13-11-22(19(15-24)16-26)25-14-10-18-3-1-2-4-21(18)25/h1-8,19,22,26H,9-16H2. The summed E-state index contributed by atoms with van der Waals surface area (Å²) in [5.74, 6) is 0.101. The van der Waals surface area contributed by atoms with Crippen molar-refractivity contribution in [3.63, 3.8) is 0 Å². The first-order valence-electron chi connectivity index (χ1n) is 9.67. The predicted molar refractivity (Wildman–Crippen MR) is 103 cm³/mol. The number of rotatable bonds is 5. The first-order valence-corrected chi connectivity index (χ1v) is 9.67. The van der Waals surface area contributed by atoms with E-state index in [1.807, 2.05) is 12.1 Å². The van der Waals surface area contributed by atoms with Gasteiger partial charge >= 0.3 is 0 Å². The Balaban J connectivity index is 1.37. The Labute approximate surface area is 155 Å². The molecule has 26 heavy (non-hydrogen) atoms. The maximum absolute atomic E-state index is 13.0. The minimum absolute atomic E-state index is 0.180. The highest BCUT2D eigenvalue weighted by Gasteiger charge is 2.35. The molecule has 0 spiro atoms. The molecule has 2 aliphatic heterocycles. The van der Waals surface area contributed by atoms with Crippen LogP contribution in [0.5, 0.6) is 0 Å². The van der Waals surface area contributed by atoms with Gasteiger partial charge in [-0.3, -0.25) is 0 Å². The van der Waals surface area contributed by atoms with Gasteiger partial charge in [-0.25, -0.2) is 4.39 Å². The molecule has 0 aliphatic carbocycles. The normalized spacial score (nSPS) is 23.2. The molecule has 1 fully saturated rings. The molecule has 0 saturated carbocycles. The van der Waals surface area contributed by atoms with E-state index >= 15 is 0 Å². The van der Waals surface area contributed by atoms with Gasteiger partial charge in [-0.05, 0) is 48.6 Å². The zero-order chi connectivity index (χ0) is 17.9. The van der Waals surface area contributed by atoms with E-state index in [0.29, 0.717) is 6.04 Å². The maximum atomic E-state index is 13.0. The topological polar surface area (TPSA) is 26.7 Å². The SMILES string of the molecule is OCC1CN(CCc2ccc(F)cc2)CCC1N1CCc2ccccc21. The minimum atomic E-state index is -0.180. The fourth-order valence-electron chi connectivity index (χ4n) is 4.53. The second-order valence-electron chi connectivity index (χ2n) is 7.55. The van der Waals surface area contributed by atoms with Gasteiger partial charge < -0.3 is 14.9 Å². The van der Waals surface area contributed by atoms with Gasteiger partial charge in [-0.2, -0.15) is 0 Å². The monoisotopic (exact) mass is 354 g/mol. The third-order valence-electron chi connectivity index (χ3n) is 5.97. The number of hydrogen-bond acceptors (Lipinski definition) is 3. The second kappa shape index (κ2) is 7.77. The molecule has 2 aromatic rings. The van der Waals surface area contributed by atoms with E-state index in [0.717, 1.165) is 45.4 Å². The first kappa shape index (κ1) is 17.5. The van der Waals surface area contributed by atoms with Gasteiger partial charge in [0, 0.05) is 50.4 Å². The predicted octanol–water partition coefficient (Wildman–Crippen LogP) is 3.11. The van der Waals surface area contributed by atoms with Crippen LogP contribution in [0, 0.1) is 11.7 Å². The second-order valence-corrected chi connectivity index (χ2v) is 7.55. The number of piperidine rings is 1. The molecule has 2 heterocycles. The van der Waals surface area contributed by atoms with Crippen molar-refractivity contribution < 1.29 is 9.50 Å². The first-order chi connectivity index (χ1) is 12.7. The fraction of sp³-hybridized carbons (Fsp3) is 0.455. The number of hydrogen-bond donors (Lipinski definition) is 1. The van der Waals surface area contributed by atoms with Crippen molar-refractivity contribution in [3.05, 3.63) is 65.5 Å². The number of anilines is 1. The van der Waals surface area contributed by atoms with Crippen LogP contribution in [0.4, 0.5) is 10.1 Å². The summed E-state index contributed by atoms with van der Waals surface area (Å²) in [6.45, 7) is 4.25. The lowest BCUT2D eigenvalue weighted by atomic mass is 9.91. The summed E-state index contributed by atoms with van der Waals surface area (Å²) >= 11 is 0. The van der Waals surface area contributed by atoms with E-state index in [1.54, 1.807) is 0 Å². The van der Waals surface area contributed by atoms with E-state index < -0.39 is 0 Å². The van der Waals surface area contributed by atoms with Crippen molar-refractivity contribution in [1.82, 2.24) is 4.90 Å². The smallest absolute Gasteiger partial charge is 0.123 e. The zero-order valence-electron chi connectivity index (χ0n) is 15.1. The van der Waals surface area contributed by atoms with Crippen LogP contribution in [0.25, 0.3) is 0 Å². The third kappa shape index (κ3) is 3.62. The van der Waals surface area contributed by atoms with Crippen molar-refractivity contribution in [2.24, 2.45) is 5.92 Å². The quantitative estimate of drug-likeness (QED) is 0.894. The van der Waals surface area contributed by atoms with Gasteiger partial charge in [0.05, 0.1) is 0 Å². The Kier molecular flexibility index (Phi) is 5.23. The molecule has 138 valence electrons. The third-order valence-corrected chi connectivity index (χ3v) is 5.97. The largest absolute Gasteiger partial charge is 0.396 e. The molecular weight excluding hydrogens is 327 g/mol. The van der Waals surface area contributed by atoms with Crippen LogP contribution in [0.1, 0.15) is 17.5 Å². The summed E-state index contributed by atoms with van der Waals surface area (Å²) in [6.07, 6.45) is 3.12. The molecule has 0 amide bonds. The maximum Gasteiger partial charge on any atom is 0.123 e. The summed E-state index contributed by atoms with van der Waals surface area (Å²) < 4.78 is 13.0. The number of benzene rings is 2. The van der Waals surface area contributed by atoms with Crippen LogP contribution in [0.2, 0.25) is 0 Å². The molecule has 2 atom stereocenters. The van der Waals surface area contributed by atoms with Gasteiger partial charge in [0.15, 0.2) is 0 Å². The van der Waals surface area contributed by atoms with E-state index in [9.17, 15) is 9.50 Å². The Morgan fingerprint density at radius 3 is 2.65 bits per heavy atom. The molecule has 2 aliphatic rings. The molecule has 2 unspecified atom stereocenters. The summed E-state index contributed by atoms with van der Waals surface area (Å²) in [6, 6.07) is 15.9. The van der Waals surface area contributed by atoms with Crippen LogP contribution < -0.4 is 4.90 Å². The number of likely N-dealkylation sites (tertiary alicyclic amines) is 1. The molecular formula is C22H27FN2O.